The van der Waals surface area contributed by atoms with Gasteiger partial charge in [-0.15, -0.1) is 4.48 Å². The summed E-state index contributed by atoms with van der Waals surface area (Å²) < 4.78 is 14.8. The molecule has 0 unspecified atom stereocenters. The molecular formula is C3H3FN2S. The van der Waals surface area contributed by atoms with E-state index in [1.165, 1.54) is 17.1 Å². The van der Waals surface area contributed by atoms with E-state index in [-0.39, 0.29) is 5.82 Å². The smallest absolute Gasteiger partial charge is 0.167 e. The van der Waals surface area contributed by atoms with Crippen molar-refractivity contribution in [3.05, 3.63) is 11.4 Å². The normalized spacial score (nSPS) is 8.71. The van der Waals surface area contributed by atoms with Crippen LogP contribution >= 0.6 is 11.5 Å². The van der Waals surface area contributed by atoms with E-state index in [0.717, 1.165) is 0 Å². The predicted molar refractivity (Wildman–Crippen MR) is 26.8 cm³/mol. The minimum absolute atomic E-state index is 0.282. The Labute approximate surface area is 44.1 Å². The van der Waals surface area contributed by atoms with E-state index >= 15 is 0 Å². The van der Waals surface area contributed by atoms with Gasteiger partial charge in [-0.2, -0.15) is 4.37 Å². The van der Waals surface area contributed by atoms with Gasteiger partial charge in [-0.1, -0.05) is 0 Å². The van der Waals surface area contributed by atoms with Crippen molar-refractivity contribution in [2.75, 3.05) is 5.54 Å². The van der Waals surface area contributed by atoms with E-state index in [9.17, 15) is 4.48 Å². The number of hydrogen-bond acceptors (Lipinski definition) is 3. The molecule has 0 bridgehead atoms. The molecule has 0 spiro atoms. The summed E-state index contributed by atoms with van der Waals surface area (Å²) in [6.07, 6.45) is 0. The first-order valence-electron chi connectivity index (χ1n) is 1.70. The summed E-state index contributed by atoms with van der Waals surface area (Å²) in [5.41, 5.74) is 1.41. The molecule has 1 N–H and O–H groups in total. The highest BCUT2D eigenvalue weighted by atomic mass is 32.1. The standard InChI is InChI=1S/C3H3FN2S/c4-5-3-1-2-7-6-3/h1-2H,(H,5,6). The maximum Gasteiger partial charge on any atom is 0.167 e. The van der Waals surface area contributed by atoms with Crippen LogP contribution in [0.25, 0.3) is 0 Å². The van der Waals surface area contributed by atoms with E-state index in [0.29, 0.717) is 0 Å². The molecule has 0 aliphatic rings. The Hall–Kier alpha value is -0.640. The first kappa shape index (κ1) is 4.52. The van der Waals surface area contributed by atoms with Gasteiger partial charge in [0.2, 0.25) is 0 Å². The van der Waals surface area contributed by atoms with Gasteiger partial charge in [0.15, 0.2) is 5.82 Å². The number of halogens is 1. The van der Waals surface area contributed by atoms with Crippen molar-refractivity contribution >= 4 is 17.4 Å². The zero-order chi connectivity index (χ0) is 5.11. The molecule has 0 saturated carbocycles. The minimum atomic E-state index is 0.282. The molecule has 0 fully saturated rings. The van der Waals surface area contributed by atoms with Crippen LogP contribution in [0.3, 0.4) is 0 Å². The molecule has 1 rings (SSSR count). The van der Waals surface area contributed by atoms with Crippen LogP contribution in [0.2, 0.25) is 0 Å². The second kappa shape index (κ2) is 1.88. The van der Waals surface area contributed by atoms with Crippen LogP contribution in [0.15, 0.2) is 11.4 Å². The van der Waals surface area contributed by atoms with Crippen LogP contribution in [0.4, 0.5) is 10.3 Å². The van der Waals surface area contributed by atoms with Gasteiger partial charge in [-0.05, 0) is 17.6 Å². The summed E-state index contributed by atoms with van der Waals surface area (Å²) in [4.78, 5) is 0. The van der Waals surface area contributed by atoms with Gasteiger partial charge in [0, 0.05) is 5.38 Å². The van der Waals surface area contributed by atoms with Crippen molar-refractivity contribution in [2.24, 2.45) is 0 Å². The number of hydrogen-bond donors (Lipinski definition) is 1. The number of nitrogens with zero attached hydrogens (tertiary/aromatic N) is 1. The minimum Gasteiger partial charge on any atom is -0.205 e. The SMILES string of the molecule is FNc1ccsn1. The van der Waals surface area contributed by atoms with Gasteiger partial charge in [0.25, 0.3) is 0 Å². The highest BCUT2D eigenvalue weighted by Crippen LogP contribution is 2.03. The van der Waals surface area contributed by atoms with Gasteiger partial charge in [-0.3, -0.25) is 0 Å². The van der Waals surface area contributed by atoms with Crippen molar-refractivity contribution in [1.29, 1.82) is 0 Å². The lowest BCUT2D eigenvalue weighted by atomic mass is 10.7. The highest BCUT2D eigenvalue weighted by Gasteiger charge is 1.85. The first-order chi connectivity index (χ1) is 3.43. The van der Waals surface area contributed by atoms with Crippen molar-refractivity contribution in [3.63, 3.8) is 0 Å². The summed E-state index contributed by atoms with van der Waals surface area (Å²) in [5.74, 6) is 0.282. The van der Waals surface area contributed by atoms with Crippen LogP contribution in [0, 0.1) is 0 Å². The fourth-order valence-electron chi connectivity index (χ4n) is 0.261. The third-order valence-electron chi connectivity index (χ3n) is 0.535. The lowest BCUT2D eigenvalue weighted by Gasteiger charge is -1.78. The Morgan fingerprint density at radius 1 is 1.86 bits per heavy atom. The number of anilines is 1. The van der Waals surface area contributed by atoms with Gasteiger partial charge in [0.1, 0.15) is 0 Å². The molecule has 1 aromatic rings. The monoisotopic (exact) mass is 118 g/mol. The fraction of sp³-hybridized carbons (Fsp3) is 0. The summed E-state index contributed by atoms with van der Waals surface area (Å²) in [5, 5.41) is 1.70. The topological polar surface area (TPSA) is 24.9 Å². The third kappa shape index (κ3) is 0.866. The number of rotatable bonds is 1. The fourth-order valence-corrected chi connectivity index (χ4v) is 0.721. The van der Waals surface area contributed by atoms with Crippen molar-refractivity contribution in [1.82, 2.24) is 4.37 Å². The lowest BCUT2D eigenvalue weighted by molar-refractivity contribution is 0.614. The molecule has 0 amide bonds. The van der Waals surface area contributed by atoms with E-state index in [1.54, 1.807) is 11.4 Å². The molecule has 2 nitrogen and oxygen atoms in total. The van der Waals surface area contributed by atoms with E-state index in [2.05, 4.69) is 4.37 Å². The molecule has 0 saturated heterocycles. The van der Waals surface area contributed by atoms with Crippen LogP contribution in [0.1, 0.15) is 0 Å². The van der Waals surface area contributed by atoms with Crippen molar-refractivity contribution < 1.29 is 4.48 Å². The maximum atomic E-state index is 11.3. The van der Waals surface area contributed by atoms with Gasteiger partial charge in [-0.25, -0.2) is 5.54 Å². The largest absolute Gasteiger partial charge is 0.205 e. The summed E-state index contributed by atoms with van der Waals surface area (Å²) in [7, 11) is 0. The molecular weight excluding hydrogens is 115 g/mol. The van der Waals surface area contributed by atoms with Gasteiger partial charge < -0.3 is 0 Å². The van der Waals surface area contributed by atoms with Crippen LogP contribution in [0.5, 0.6) is 0 Å². The summed E-state index contributed by atoms with van der Waals surface area (Å²) in [6.45, 7) is 0. The molecule has 38 valence electrons. The average Bonchev–Trinajstić information content (AvgIpc) is 2.14. The molecule has 1 heterocycles. The van der Waals surface area contributed by atoms with Crippen LogP contribution in [-0.4, -0.2) is 4.37 Å². The van der Waals surface area contributed by atoms with Crippen molar-refractivity contribution in [3.8, 4) is 0 Å². The van der Waals surface area contributed by atoms with E-state index in [1.807, 2.05) is 0 Å². The Bertz CT molecular complexity index is 127. The molecule has 7 heavy (non-hydrogen) atoms. The van der Waals surface area contributed by atoms with E-state index < -0.39 is 0 Å². The molecule has 1 aromatic heterocycles. The lowest BCUT2D eigenvalue weighted by Crippen LogP contribution is -1.76. The molecule has 0 atom stereocenters. The second-order valence-corrected chi connectivity index (χ2v) is 1.64. The van der Waals surface area contributed by atoms with Crippen LogP contribution in [-0.2, 0) is 0 Å². The maximum absolute atomic E-state index is 11.3. The second-order valence-electron chi connectivity index (χ2n) is 0.979. The zero-order valence-electron chi connectivity index (χ0n) is 3.39. The zero-order valence-corrected chi connectivity index (χ0v) is 4.20. The average molecular weight is 118 g/mol. The van der Waals surface area contributed by atoms with E-state index in [4.69, 9.17) is 0 Å². The Balaban J connectivity index is 2.76. The third-order valence-corrected chi connectivity index (χ3v) is 1.09. The Morgan fingerprint density at radius 2 is 2.71 bits per heavy atom. The van der Waals surface area contributed by atoms with Crippen molar-refractivity contribution in [2.45, 2.75) is 0 Å². The number of aromatic nitrogens is 1. The predicted octanol–water partition coefficient (Wildman–Crippen LogP) is 1.44. The summed E-state index contributed by atoms with van der Waals surface area (Å²) >= 11 is 1.21. The Kier molecular flexibility index (Phi) is 1.21. The summed E-state index contributed by atoms with van der Waals surface area (Å²) in [6, 6.07) is 1.56. The highest BCUT2D eigenvalue weighted by molar-refractivity contribution is 7.03. The van der Waals surface area contributed by atoms with Gasteiger partial charge >= 0.3 is 0 Å². The van der Waals surface area contributed by atoms with Gasteiger partial charge in [0.05, 0.1) is 0 Å². The molecule has 0 aromatic carbocycles. The molecule has 0 aliphatic carbocycles. The first-order valence-corrected chi connectivity index (χ1v) is 2.54. The molecule has 4 heteroatoms. The quantitative estimate of drug-likeness (QED) is 0.564. The van der Waals surface area contributed by atoms with Crippen LogP contribution < -0.4 is 5.54 Å². The Morgan fingerprint density at radius 3 is 3.00 bits per heavy atom. The molecule has 0 radical (unpaired) electrons. The number of nitrogens with one attached hydrogen (secondary N) is 1. The molecule has 0 aliphatic heterocycles.